The van der Waals surface area contributed by atoms with Crippen molar-refractivity contribution in [1.82, 2.24) is 24.8 Å². The molecule has 10 nitrogen and oxygen atoms in total. The predicted octanol–water partition coefficient (Wildman–Crippen LogP) is 1.97. The van der Waals surface area contributed by atoms with Crippen molar-refractivity contribution in [2.75, 3.05) is 13.2 Å². The zero-order valence-corrected chi connectivity index (χ0v) is 23.0. The number of hydrogen-bond donors (Lipinski definition) is 2. The van der Waals surface area contributed by atoms with Crippen LogP contribution in [-0.2, 0) is 21.1 Å². The van der Waals surface area contributed by atoms with Crippen LogP contribution in [-0.4, -0.2) is 92.8 Å². The van der Waals surface area contributed by atoms with Crippen LogP contribution in [0.2, 0.25) is 0 Å². The van der Waals surface area contributed by atoms with E-state index >= 15 is 0 Å². The number of aliphatic hydroxyl groups is 1. The lowest BCUT2D eigenvalue weighted by Crippen LogP contribution is -2.58. The molecule has 1 aromatic carbocycles. The number of halogens is 1. The first-order valence-corrected chi connectivity index (χ1v) is 14.1. The summed E-state index contributed by atoms with van der Waals surface area (Å²) in [6.07, 6.45) is 2.10. The van der Waals surface area contributed by atoms with Crippen LogP contribution in [0, 0.1) is 17.8 Å². The van der Waals surface area contributed by atoms with Crippen molar-refractivity contribution in [2.45, 2.75) is 53.8 Å². The van der Waals surface area contributed by atoms with Gasteiger partial charge in [-0.05, 0) is 24.5 Å². The Morgan fingerprint density at radius 2 is 2.11 bits per heavy atom. The van der Waals surface area contributed by atoms with Crippen LogP contribution in [0.25, 0.3) is 11.0 Å². The summed E-state index contributed by atoms with van der Waals surface area (Å²) in [5, 5.41) is 28.5. The summed E-state index contributed by atoms with van der Waals surface area (Å²) in [5.74, 6) is -3.59. The fourth-order valence-electron chi connectivity index (χ4n) is 6.34. The van der Waals surface area contributed by atoms with Gasteiger partial charge >= 0.3 is 5.97 Å². The van der Waals surface area contributed by atoms with Crippen LogP contribution in [0.4, 0.5) is 0 Å². The smallest absolute Gasteiger partial charge is 0.308 e. The standard InChI is InChI=1S/C25H30BrN5O5S/c1-4-9-29(12-30-16-8-6-5-7-15(16)27-28-30)23(34)21-25-10-14(26)20(37-25)18(24(35)36)19(25)22(33)31(21)17(11-32)13(2)3/h4-8,13-14,17-21,32H,1,9-12H2,2-3H3,(H,35,36)/t14?,17-,18+,19-,20+,21?,25?/m0/s1. The SMILES string of the molecule is C=CCN(Cn1nnc2ccccc21)C(=O)C1N([C@@H](CO)C(C)C)C(=O)[C@@H]2[C@@H](C(=O)O)[C@@H]3SC12CC3Br. The Labute approximate surface area is 227 Å². The highest BCUT2D eigenvalue weighted by molar-refractivity contribution is 9.09. The molecule has 12 heteroatoms. The Morgan fingerprint density at radius 3 is 2.76 bits per heavy atom. The molecule has 5 rings (SSSR count). The van der Waals surface area contributed by atoms with Gasteiger partial charge < -0.3 is 20.0 Å². The van der Waals surface area contributed by atoms with Crippen molar-refractivity contribution in [3.8, 4) is 0 Å². The molecule has 37 heavy (non-hydrogen) atoms. The van der Waals surface area contributed by atoms with Crippen LogP contribution in [0.15, 0.2) is 36.9 Å². The maximum absolute atomic E-state index is 14.5. The first kappa shape index (κ1) is 26.2. The van der Waals surface area contributed by atoms with Gasteiger partial charge in [0.25, 0.3) is 0 Å². The molecule has 0 radical (unpaired) electrons. The average molecular weight is 593 g/mol. The molecule has 2 aromatic rings. The molecule has 3 aliphatic heterocycles. The van der Waals surface area contributed by atoms with E-state index < -0.39 is 34.6 Å². The summed E-state index contributed by atoms with van der Waals surface area (Å²) in [7, 11) is 0. The van der Waals surface area contributed by atoms with E-state index in [0.29, 0.717) is 11.9 Å². The van der Waals surface area contributed by atoms with E-state index in [1.165, 1.54) is 16.7 Å². The topological polar surface area (TPSA) is 129 Å². The Hall–Kier alpha value is -2.44. The molecule has 0 saturated carbocycles. The third-order valence-corrected chi connectivity index (χ3v) is 11.2. The number of aromatic nitrogens is 3. The lowest BCUT2D eigenvalue weighted by molar-refractivity contribution is -0.150. The van der Waals surface area contributed by atoms with E-state index in [9.17, 15) is 24.6 Å². The van der Waals surface area contributed by atoms with Crippen molar-refractivity contribution in [3.63, 3.8) is 0 Å². The first-order chi connectivity index (χ1) is 17.7. The molecule has 198 valence electrons. The van der Waals surface area contributed by atoms with Gasteiger partial charge in [-0.25, -0.2) is 4.68 Å². The van der Waals surface area contributed by atoms with E-state index in [0.717, 1.165) is 5.52 Å². The number of aliphatic carboxylic acids is 1. The first-order valence-electron chi connectivity index (χ1n) is 12.3. The minimum atomic E-state index is -1.03. The second-order valence-corrected chi connectivity index (χ2v) is 13.0. The van der Waals surface area contributed by atoms with Crippen molar-refractivity contribution < 1.29 is 24.6 Å². The highest BCUT2D eigenvalue weighted by atomic mass is 79.9. The Balaban J connectivity index is 1.59. The minimum absolute atomic E-state index is 0.0876. The molecule has 0 aliphatic carbocycles. The molecule has 3 saturated heterocycles. The van der Waals surface area contributed by atoms with Crippen molar-refractivity contribution >= 4 is 56.5 Å². The second kappa shape index (κ2) is 9.70. The number of likely N-dealkylation sites (tertiary alicyclic amines) is 1. The molecule has 7 atom stereocenters. The lowest BCUT2D eigenvalue weighted by Gasteiger charge is -2.40. The number of alkyl halides is 1. The van der Waals surface area contributed by atoms with Gasteiger partial charge in [-0.1, -0.05) is 53.2 Å². The Morgan fingerprint density at radius 1 is 1.38 bits per heavy atom. The Kier molecular flexibility index (Phi) is 6.86. The van der Waals surface area contributed by atoms with E-state index in [1.54, 1.807) is 15.7 Å². The Bertz CT molecular complexity index is 1260. The largest absolute Gasteiger partial charge is 0.481 e. The summed E-state index contributed by atoms with van der Waals surface area (Å²) in [4.78, 5) is 43.8. The number of carboxylic acids is 1. The number of carbonyl (C=O) groups excluding carboxylic acids is 2. The minimum Gasteiger partial charge on any atom is -0.481 e. The fraction of sp³-hybridized carbons (Fsp3) is 0.560. The summed E-state index contributed by atoms with van der Waals surface area (Å²) in [6, 6.07) is 5.88. The van der Waals surface area contributed by atoms with Crippen LogP contribution < -0.4 is 0 Å². The van der Waals surface area contributed by atoms with Gasteiger partial charge in [-0.2, -0.15) is 0 Å². The summed E-state index contributed by atoms with van der Waals surface area (Å²) in [5.41, 5.74) is 1.46. The van der Waals surface area contributed by atoms with Gasteiger partial charge in [-0.3, -0.25) is 14.4 Å². The number of hydrogen-bond acceptors (Lipinski definition) is 7. The van der Waals surface area contributed by atoms with E-state index in [2.05, 4.69) is 32.8 Å². The number of amides is 2. The van der Waals surface area contributed by atoms with Crippen molar-refractivity contribution in [2.24, 2.45) is 17.8 Å². The fourth-order valence-corrected chi connectivity index (χ4v) is 9.92. The monoisotopic (exact) mass is 591 g/mol. The van der Waals surface area contributed by atoms with Gasteiger partial charge in [0.1, 0.15) is 18.2 Å². The van der Waals surface area contributed by atoms with E-state index in [-0.39, 0.29) is 47.6 Å². The third kappa shape index (κ3) is 3.90. The van der Waals surface area contributed by atoms with Gasteiger partial charge in [0.15, 0.2) is 0 Å². The molecule has 3 unspecified atom stereocenters. The molecule has 1 aromatic heterocycles. The molecule has 4 heterocycles. The van der Waals surface area contributed by atoms with Crippen molar-refractivity contribution in [3.05, 3.63) is 36.9 Å². The number of para-hydroxylation sites is 1. The maximum Gasteiger partial charge on any atom is 0.308 e. The molecule has 1 spiro atoms. The number of nitrogens with zero attached hydrogens (tertiary/aromatic N) is 5. The highest BCUT2D eigenvalue weighted by Gasteiger charge is 2.76. The summed E-state index contributed by atoms with van der Waals surface area (Å²) in [6.45, 7) is 7.56. The van der Waals surface area contributed by atoms with E-state index in [4.69, 9.17) is 0 Å². The van der Waals surface area contributed by atoms with Crippen molar-refractivity contribution in [1.29, 1.82) is 0 Å². The number of fused-ring (bicyclic) bond motifs is 2. The molecular weight excluding hydrogens is 562 g/mol. The quantitative estimate of drug-likeness (QED) is 0.334. The normalized spacial score (nSPS) is 31.2. The van der Waals surface area contributed by atoms with Crippen LogP contribution in [0.5, 0.6) is 0 Å². The molecule has 2 bridgehead atoms. The summed E-state index contributed by atoms with van der Waals surface area (Å²) < 4.78 is 0.716. The number of benzene rings is 1. The van der Waals surface area contributed by atoms with Gasteiger partial charge in [-0.15, -0.1) is 23.4 Å². The maximum atomic E-state index is 14.5. The number of rotatable bonds is 9. The number of thioether (sulfide) groups is 1. The van der Waals surface area contributed by atoms with Crippen LogP contribution in [0.3, 0.4) is 0 Å². The number of carboxylic acid groups (broad SMARTS) is 1. The zero-order chi connectivity index (χ0) is 26.6. The zero-order valence-electron chi connectivity index (χ0n) is 20.6. The molecule has 2 N–H and O–H groups in total. The van der Waals surface area contributed by atoms with Gasteiger partial charge in [0.2, 0.25) is 11.8 Å². The van der Waals surface area contributed by atoms with Gasteiger partial charge in [0.05, 0.1) is 34.7 Å². The third-order valence-electron chi connectivity index (χ3n) is 7.95. The second-order valence-electron chi connectivity index (χ2n) is 10.3. The molecule has 2 amide bonds. The molecule has 3 fully saturated rings. The summed E-state index contributed by atoms with van der Waals surface area (Å²) >= 11 is 5.10. The van der Waals surface area contributed by atoms with E-state index in [1.807, 2.05) is 38.1 Å². The molecular formula is C25H30BrN5O5S. The van der Waals surface area contributed by atoms with Crippen LogP contribution >= 0.6 is 27.7 Å². The average Bonchev–Trinajstić information content (AvgIpc) is 3.57. The van der Waals surface area contributed by atoms with Crippen LogP contribution in [0.1, 0.15) is 20.3 Å². The number of aliphatic hydroxyl groups excluding tert-OH is 1. The van der Waals surface area contributed by atoms with Gasteiger partial charge in [0, 0.05) is 16.6 Å². The molecule has 3 aliphatic rings. The number of carbonyl (C=O) groups is 3. The highest BCUT2D eigenvalue weighted by Crippen LogP contribution is 2.68. The predicted molar refractivity (Wildman–Crippen MR) is 142 cm³/mol. The lowest BCUT2D eigenvalue weighted by atomic mass is 9.71.